The van der Waals surface area contributed by atoms with Gasteiger partial charge >= 0.3 is 17.9 Å². The second-order valence-corrected chi connectivity index (χ2v) is 7.60. The van der Waals surface area contributed by atoms with E-state index in [-0.39, 0.29) is 51.8 Å². The summed E-state index contributed by atoms with van der Waals surface area (Å²) in [5.74, 6) is -1.08. The summed E-state index contributed by atoms with van der Waals surface area (Å²) in [6.07, 6.45) is 0.426. The van der Waals surface area contributed by atoms with Gasteiger partial charge in [0.05, 0.1) is 26.1 Å². The average Bonchev–Trinajstić information content (AvgIpc) is 3.39. The molecule has 35 heavy (non-hydrogen) atoms. The van der Waals surface area contributed by atoms with Crippen LogP contribution in [0.25, 0.3) is 16.5 Å². The van der Waals surface area contributed by atoms with Crippen molar-refractivity contribution in [2.45, 2.75) is 32.8 Å². The molecule has 0 N–H and O–H groups in total. The monoisotopic (exact) mass is 491 g/mol. The first-order valence-corrected chi connectivity index (χ1v) is 10.9. The Balaban J connectivity index is 1.44. The topological polar surface area (TPSA) is 154 Å². The highest BCUT2D eigenvalue weighted by molar-refractivity contribution is 5.97. The Labute approximate surface area is 199 Å². The summed E-state index contributed by atoms with van der Waals surface area (Å²) in [5, 5.41) is 9.88. The molecule has 1 aromatic heterocycles. The van der Waals surface area contributed by atoms with Crippen LogP contribution in [0.2, 0.25) is 0 Å². The van der Waals surface area contributed by atoms with Crippen LogP contribution in [0.3, 0.4) is 0 Å². The minimum absolute atomic E-state index is 0.0166. The van der Waals surface area contributed by atoms with Gasteiger partial charge in [-0.1, -0.05) is 6.07 Å². The minimum atomic E-state index is -0.927. The van der Waals surface area contributed by atoms with Crippen molar-refractivity contribution < 1.29 is 47.7 Å². The first-order chi connectivity index (χ1) is 16.7. The van der Waals surface area contributed by atoms with Gasteiger partial charge in [-0.15, -0.1) is 10.1 Å². The molecular formula is C23H25NO11. The second kappa shape index (κ2) is 12.0. The SMILES string of the molecule is Cc1c(C(C)OC(=O)CCC(=O)OCCOCCO[N+](=O)[O-])oc2ccc(C3=CC(=O)OC3)cc12. The number of cyclic esters (lactones) is 1. The minimum Gasteiger partial charge on any atom is -0.463 e. The van der Waals surface area contributed by atoms with Crippen molar-refractivity contribution in [1.29, 1.82) is 0 Å². The van der Waals surface area contributed by atoms with Gasteiger partial charge in [-0.2, -0.15) is 0 Å². The van der Waals surface area contributed by atoms with Gasteiger partial charge in [0.1, 0.15) is 31.2 Å². The number of benzene rings is 1. The maximum atomic E-state index is 12.2. The predicted molar refractivity (Wildman–Crippen MR) is 118 cm³/mol. The Hall–Kier alpha value is -3.93. The van der Waals surface area contributed by atoms with Gasteiger partial charge in [0.25, 0.3) is 5.09 Å². The fraction of sp³-hybridized carbons (Fsp3) is 0.435. The number of furan rings is 1. The third-order valence-electron chi connectivity index (χ3n) is 5.13. The Morgan fingerprint density at radius 2 is 1.89 bits per heavy atom. The summed E-state index contributed by atoms with van der Waals surface area (Å²) >= 11 is 0. The lowest BCUT2D eigenvalue weighted by Gasteiger charge is -2.12. The number of rotatable bonds is 13. The van der Waals surface area contributed by atoms with Gasteiger partial charge in [0.2, 0.25) is 0 Å². The Bertz CT molecular complexity index is 1130. The van der Waals surface area contributed by atoms with E-state index in [0.717, 1.165) is 22.1 Å². The maximum Gasteiger partial charge on any atom is 0.331 e. The van der Waals surface area contributed by atoms with Gasteiger partial charge in [-0.05, 0) is 31.5 Å². The molecule has 3 rings (SSSR count). The summed E-state index contributed by atoms with van der Waals surface area (Å²) in [6, 6.07) is 5.51. The van der Waals surface area contributed by atoms with Gasteiger partial charge in [-0.3, -0.25) is 9.59 Å². The predicted octanol–water partition coefficient (Wildman–Crippen LogP) is 2.83. The van der Waals surface area contributed by atoms with Crippen LogP contribution in [-0.2, 0) is 38.2 Å². The first kappa shape index (κ1) is 25.7. The lowest BCUT2D eigenvalue weighted by atomic mass is 10.0. The molecule has 0 saturated carbocycles. The summed E-state index contributed by atoms with van der Waals surface area (Å²) in [4.78, 5) is 49.3. The Morgan fingerprint density at radius 1 is 1.14 bits per heavy atom. The molecular weight excluding hydrogens is 466 g/mol. The summed E-state index contributed by atoms with van der Waals surface area (Å²) in [7, 11) is 0. The van der Waals surface area contributed by atoms with Crippen LogP contribution < -0.4 is 0 Å². The first-order valence-electron chi connectivity index (χ1n) is 10.9. The van der Waals surface area contributed by atoms with E-state index in [2.05, 4.69) is 4.84 Å². The summed E-state index contributed by atoms with van der Waals surface area (Å²) in [5.41, 5.74) is 3.04. The Kier molecular flexibility index (Phi) is 8.79. The molecule has 0 bridgehead atoms. The van der Waals surface area contributed by atoms with E-state index in [4.69, 9.17) is 23.4 Å². The molecule has 188 valence electrons. The van der Waals surface area contributed by atoms with Crippen molar-refractivity contribution in [1.82, 2.24) is 0 Å². The molecule has 12 nitrogen and oxygen atoms in total. The number of hydrogen-bond donors (Lipinski definition) is 0. The average molecular weight is 491 g/mol. The van der Waals surface area contributed by atoms with Gasteiger partial charge in [0, 0.05) is 22.6 Å². The van der Waals surface area contributed by atoms with Gasteiger partial charge < -0.3 is 28.2 Å². The van der Waals surface area contributed by atoms with Crippen molar-refractivity contribution >= 4 is 34.5 Å². The van der Waals surface area contributed by atoms with Crippen LogP contribution >= 0.6 is 0 Å². The third-order valence-corrected chi connectivity index (χ3v) is 5.13. The van der Waals surface area contributed by atoms with E-state index in [0.29, 0.717) is 11.3 Å². The highest BCUT2D eigenvalue weighted by atomic mass is 17.0. The smallest absolute Gasteiger partial charge is 0.331 e. The van der Waals surface area contributed by atoms with Crippen LogP contribution in [0.1, 0.15) is 42.8 Å². The third kappa shape index (κ3) is 7.27. The van der Waals surface area contributed by atoms with Gasteiger partial charge in [-0.25, -0.2) is 4.79 Å². The van der Waals surface area contributed by atoms with Gasteiger partial charge in [0.15, 0.2) is 6.10 Å². The Morgan fingerprint density at radius 3 is 2.60 bits per heavy atom. The van der Waals surface area contributed by atoms with Crippen LogP contribution in [-0.4, -0.2) is 56.0 Å². The van der Waals surface area contributed by atoms with Crippen molar-refractivity contribution in [2.24, 2.45) is 0 Å². The van der Waals surface area contributed by atoms with E-state index in [1.54, 1.807) is 13.0 Å². The molecule has 1 atom stereocenters. The zero-order valence-corrected chi connectivity index (χ0v) is 19.3. The molecule has 0 fully saturated rings. The van der Waals surface area contributed by atoms with Crippen molar-refractivity contribution in [3.63, 3.8) is 0 Å². The fourth-order valence-electron chi connectivity index (χ4n) is 3.44. The molecule has 1 aromatic carbocycles. The van der Waals surface area contributed by atoms with E-state index in [1.165, 1.54) is 6.08 Å². The zero-order valence-electron chi connectivity index (χ0n) is 19.3. The van der Waals surface area contributed by atoms with E-state index < -0.39 is 23.1 Å². The second-order valence-electron chi connectivity index (χ2n) is 7.60. The molecule has 2 aromatic rings. The number of carbonyl (C=O) groups excluding carboxylic acids is 3. The molecule has 1 aliphatic heterocycles. The highest BCUT2D eigenvalue weighted by Crippen LogP contribution is 2.33. The molecule has 0 aliphatic carbocycles. The summed E-state index contributed by atoms with van der Waals surface area (Å²) < 4.78 is 26.2. The highest BCUT2D eigenvalue weighted by Gasteiger charge is 2.22. The molecule has 0 spiro atoms. The lowest BCUT2D eigenvalue weighted by Crippen LogP contribution is -2.15. The number of ether oxygens (including phenoxy) is 4. The standard InChI is InChI=1S/C23H25NO11/c1-14-18-11-16(17-12-22(27)32-13-17)3-4-19(18)35-23(14)15(2)34-21(26)6-5-20(25)31-9-7-30-8-10-33-24(28)29/h3-4,11-12,15H,5-10,13H2,1-2H3. The molecule has 1 aliphatic rings. The molecule has 0 saturated heterocycles. The van der Waals surface area contributed by atoms with Crippen LogP contribution in [0, 0.1) is 17.0 Å². The number of nitrogens with zero attached hydrogens (tertiary/aromatic N) is 1. The molecule has 12 heteroatoms. The van der Waals surface area contributed by atoms with Crippen LogP contribution in [0.15, 0.2) is 28.7 Å². The van der Waals surface area contributed by atoms with Crippen molar-refractivity contribution in [2.75, 3.05) is 33.0 Å². The number of esters is 3. The summed E-state index contributed by atoms with van der Waals surface area (Å²) in [6.45, 7) is 3.50. The zero-order chi connectivity index (χ0) is 25.4. The largest absolute Gasteiger partial charge is 0.463 e. The van der Waals surface area contributed by atoms with E-state index >= 15 is 0 Å². The lowest BCUT2D eigenvalue weighted by molar-refractivity contribution is -0.758. The quantitative estimate of drug-likeness (QED) is 0.134. The van der Waals surface area contributed by atoms with Crippen LogP contribution in [0.5, 0.6) is 0 Å². The number of hydrogen-bond acceptors (Lipinski definition) is 11. The van der Waals surface area contributed by atoms with Crippen molar-refractivity contribution in [3.8, 4) is 0 Å². The van der Waals surface area contributed by atoms with E-state index in [1.807, 2.05) is 19.1 Å². The number of fused-ring (bicyclic) bond motifs is 1. The van der Waals surface area contributed by atoms with Crippen molar-refractivity contribution in [3.05, 3.63) is 51.3 Å². The fourth-order valence-corrected chi connectivity index (χ4v) is 3.44. The maximum absolute atomic E-state index is 12.2. The molecule has 1 unspecified atom stereocenters. The molecule has 2 heterocycles. The number of aryl methyl sites for hydroxylation is 1. The molecule has 0 amide bonds. The normalized spacial score (nSPS) is 13.8. The van der Waals surface area contributed by atoms with Crippen LogP contribution in [0.4, 0.5) is 0 Å². The molecule has 0 radical (unpaired) electrons. The van der Waals surface area contributed by atoms with E-state index in [9.17, 15) is 24.5 Å². The number of carbonyl (C=O) groups is 3.